The summed E-state index contributed by atoms with van der Waals surface area (Å²) in [5.74, 6) is 0. The standard InChI is InChI=1S/C15H15ClN2O5S/c1-3-23-18(15-9-6-12(17(19)20)10-14(15)16)24(21,22)13-7-4-11(2)5-8-13/h4-10H,3H2,1-2H3. The van der Waals surface area contributed by atoms with Gasteiger partial charge in [0.15, 0.2) is 0 Å². The Bertz CT molecular complexity index is 853. The molecule has 0 spiro atoms. The Morgan fingerprint density at radius 3 is 2.33 bits per heavy atom. The molecule has 0 unspecified atom stereocenters. The van der Waals surface area contributed by atoms with E-state index in [2.05, 4.69) is 0 Å². The molecule has 0 saturated carbocycles. The molecular formula is C15H15ClN2O5S. The van der Waals surface area contributed by atoms with Crippen LogP contribution in [-0.4, -0.2) is 19.9 Å². The van der Waals surface area contributed by atoms with Crippen molar-refractivity contribution in [2.24, 2.45) is 0 Å². The molecule has 0 N–H and O–H groups in total. The van der Waals surface area contributed by atoms with Gasteiger partial charge in [0.1, 0.15) is 5.69 Å². The van der Waals surface area contributed by atoms with E-state index >= 15 is 0 Å². The molecule has 0 radical (unpaired) electrons. The van der Waals surface area contributed by atoms with Gasteiger partial charge in [-0.25, -0.2) is 0 Å². The summed E-state index contributed by atoms with van der Waals surface area (Å²) in [6, 6.07) is 9.71. The number of non-ortho nitro benzene ring substituents is 1. The van der Waals surface area contributed by atoms with Crippen LogP contribution in [0.4, 0.5) is 11.4 Å². The first-order chi connectivity index (χ1) is 11.3. The molecule has 0 aliphatic rings. The highest BCUT2D eigenvalue weighted by atomic mass is 35.5. The van der Waals surface area contributed by atoms with Crippen molar-refractivity contribution in [2.75, 3.05) is 11.1 Å². The number of nitro groups is 1. The van der Waals surface area contributed by atoms with E-state index in [0.717, 1.165) is 17.7 Å². The van der Waals surface area contributed by atoms with Crippen LogP contribution in [0.2, 0.25) is 5.02 Å². The summed E-state index contributed by atoms with van der Waals surface area (Å²) in [7, 11) is -4.03. The SMILES string of the molecule is CCON(c1ccc([N+](=O)[O-])cc1Cl)S(=O)(=O)c1ccc(C)cc1. The van der Waals surface area contributed by atoms with Crippen molar-refractivity contribution in [3.8, 4) is 0 Å². The maximum atomic E-state index is 12.8. The molecule has 24 heavy (non-hydrogen) atoms. The van der Waals surface area contributed by atoms with Gasteiger partial charge in [-0.05, 0) is 32.0 Å². The van der Waals surface area contributed by atoms with E-state index < -0.39 is 14.9 Å². The Kier molecular flexibility index (Phi) is 5.43. The third-order valence-electron chi connectivity index (χ3n) is 3.12. The molecule has 0 aliphatic carbocycles. The monoisotopic (exact) mass is 370 g/mol. The fraction of sp³-hybridized carbons (Fsp3) is 0.200. The lowest BCUT2D eigenvalue weighted by Gasteiger charge is -2.23. The van der Waals surface area contributed by atoms with Gasteiger partial charge >= 0.3 is 0 Å². The van der Waals surface area contributed by atoms with Gasteiger partial charge in [-0.15, -0.1) is 4.47 Å². The predicted molar refractivity (Wildman–Crippen MR) is 90.6 cm³/mol. The van der Waals surface area contributed by atoms with Crippen LogP contribution >= 0.6 is 11.6 Å². The number of rotatable bonds is 6. The van der Waals surface area contributed by atoms with Gasteiger partial charge in [-0.3, -0.25) is 15.0 Å². The second-order valence-corrected chi connectivity index (χ2v) is 7.02. The minimum atomic E-state index is -4.03. The van der Waals surface area contributed by atoms with Gasteiger partial charge in [0.05, 0.1) is 21.4 Å². The summed E-state index contributed by atoms with van der Waals surface area (Å²) in [4.78, 5) is 15.5. The van der Waals surface area contributed by atoms with E-state index in [9.17, 15) is 18.5 Å². The number of hydrogen-bond donors (Lipinski definition) is 0. The molecule has 0 fully saturated rings. The van der Waals surface area contributed by atoms with Gasteiger partial charge in [0.2, 0.25) is 0 Å². The number of hydrogen-bond acceptors (Lipinski definition) is 5. The summed E-state index contributed by atoms with van der Waals surface area (Å²) >= 11 is 6.03. The molecule has 9 heteroatoms. The summed E-state index contributed by atoms with van der Waals surface area (Å²) in [6.07, 6.45) is 0. The number of anilines is 1. The summed E-state index contributed by atoms with van der Waals surface area (Å²) < 4.78 is 26.3. The van der Waals surface area contributed by atoms with E-state index in [-0.39, 0.29) is 27.9 Å². The second-order valence-electron chi connectivity index (χ2n) is 4.86. The number of benzene rings is 2. The van der Waals surface area contributed by atoms with E-state index in [0.29, 0.717) is 4.47 Å². The van der Waals surface area contributed by atoms with Crippen molar-refractivity contribution in [1.82, 2.24) is 0 Å². The van der Waals surface area contributed by atoms with Crippen molar-refractivity contribution in [3.63, 3.8) is 0 Å². The lowest BCUT2D eigenvalue weighted by molar-refractivity contribution is -0.384. The van der Waals surface area contributed by atoms with Crippen molar-refractivity contribution in [1.29, 1.82) is 0 Å². The third kappa shape index (κ3) is 3.66. The number of sulfonamides is 1. The van der Waals surface area contributed by atoms with Crippen LogP contribution in [0.25, 0.3) is 0 Å². The lowest BCUT2D eigenvalue weighted by Crippen LogP contribution is -2.31. The van der Waals surface area contributed by atoms with Crippen LogP contribution in [0, 0.1) is 17.0 Å². The molecule has 0 atom stereocenters. The first kappa shape index (κ1) is 18.2. The van der Waals surface area contributed by atoms with Gasteiger partial charge < -0.3 is 0 Å². The summed E-state index contributed by atoms with van der Waals surface area (Å²) in [6.45, 7) is 3.53. The van der Waals surface area contributed by atoms with Crippen LogP contribution in [-0.2, 0) is 14.9 Å². The van der Waals surface area contributed by atoms with Crippen LogP contribution in [0.5, 0.6) is 0 Å². The number of aryl methyl sites for hydroxylation is 1. The zero-order valence-corrected chi connectivity index (χ0v) is 14.5. The van der Waals surface area contributed by atoms with E-state index in [1.54, 1.807) is 19.1 Å². The Morgan fingerprint density at radius 1 is 1.21 bits per heavy atom. The molecule has 0 amide bonds. The highest BCUT2D eigenvalue weighted by Crippen LogP contribution is 2.33. The Morgan fingerprint density at radius 2 is 1.83 bits per heavy atom. The van der Waals surface area contributed by atoms with Gasteiger partial charge in [-0.2, -0.15) is 8.42 Å². The molecule has 2 rings (SSSR count). The van der Waals surface area contributed by atoms with Crippen LogP contribution in [0.15, 0.2) is 47.4 Å². The maximum absolute atomic E-state index is 12.8. The number of nitrogens with zero attached hydrogens (tertiary/aromatic N) is 2. The quantitative estimate of drug-likeness (QED) is 0.571. The number of nitro benzene ring substituents is 1. The Balaban J connectivity index is 2.53. The van der Waals surface area contributed by atoms with Crippen LogP contribution in [0.1, 0.15) is 12.5 Å². The molecule has 2 aromatic carbocycles. The number of halogens is 1. The third-order valence-corrected chi connectivity index (χ3v) is 5.03. The zero-order valence-electron chi connectivity index (χ0n) is 13.0. The van der Waals surface area contributed by atoms with Crippen molar-refractivity contribution < 1.29 is 18.2 Å². The molecule has 0 heterocycles. The van der Waals surface area contributed by atoms with Crippen molar-refractivity contribution in [3.05, 3.63) is 63.2 Å². The Labute approximate surface area is 144 Å². The summed E-state index contributed by atoms with van der Waals surface area (Å²) in [5, 5.41) is 10.7. The molecular weight excluding hydrogens is 356 g/mol. The van der Waals surface area contributed by atoms with Crippen LogP contribution < -0.4 is 4.47 Å². The first-order valence-electron chi connectivity index (χ1n) is 6.96. The largest absolute Gasteiger partial charge is 0.286 e. The molecule has 0 bridgehead atoms. The fourth-order valence-electron chi connectivity index (χ4n) is 1.95. The first-order valence-corrected chi connectivity index (χ1v) is 8.78. The molecule has 0 aliphatic heterocycles. The highest BCUT2D eigenvalue weighted by Gasteiger charge is 2.28. The Hall–Kier alpha value is -2.16. The van der Waals surface area contributed by atoms with Gasteiger partial charge in [0, 0.05) is 12.1 Å². The zero-order chi connectivity index (χ0) is 17.9. The van der Waals surface area contributed by atoms with E-state index in [4.69, 9.17) is 16.4 Å². The average molecular weight is 371 g/mol. The molecule has 7 nitrogen and oxygen atoms in total. The van der Waals surface area contributed by atoms with Crippen molar-refractivity contribution in [2.45, 2.75) is 18.7 Å². The topological polar surface area (TPSA) is 89.8 Å². The van der Waals surface area contributed by atoms with Crippen molar-refractivity contribution >= 4 is 33.0 Å². The lowest BCUT2D eigenvalue weighted by atomic mass is 10.2. The van der Waals surface area contributed by atoms with Crippen LogP contribution in [0.3, 0.4) is 0 Å². The molecule has 2 aromatic rings. The van der Waals surface area contributed by atoms with E-state index in [1.807, 2.05) is 6.92 Å². The smallest absolute Gasteiger partial charge is 0.259 e. The normalized spacial score (nSPS) is 11.3. The molecule has 0 aromatic heterocycles. The van der Waals surface area contributed by atoms with Gasteiger partial charge in [0.25, 0.3) is 15.7 Å². The highest BCUT2D eigenvalue weighted by molar-refractivity contribution is 7.92. The average Bonchev–Trinajstić information content (AvgIpc) is 2.53. The van der Waals surface area contributed by atoms with Gasteiger partial charge in [-0.1, -0.05) is 29.3 Å². The summed E-state index contributed by atoms with van der Waals surface area (Å²) in [5.41, 5.74) is 0.669. The minimum Gasteiger partial charge on any atom is -0.259 e. The maximum Gasteiger partial charge on any atom is 0.286 e. The van der Waals surface area contributed by atoms with E-state index in [1.165, 1.54) is 18.2 Å². The molecule has 128 valence electrons. The fourth-order valence-corrected chi connectivity index (χ4v) is 3.58. The predicted octanol–water partition coefficient (Wildman–Crippen LogP) is 3.70. The minimum absolute atomic E-state index is 0.00434. The molecule has 0 saturated heterocycles. The second kappa shape index (κ2) is 7.16.